The number of thiophene rings is 1. The first kappa shape index (κ1) is 27.7. The molecule has 8 nitrogen and oxygen atoms in total. The van der Waals surface area contributed by atoms with Crippen LogP contribution in [0.1, 0.15) is 42.9 Å². The summed E-state index contributed by atoms with van der Waals surface area (Å²) >= 11 is 1.37. The first-order chi connectivity index (χ1) is 18.1. The number of carbonyl (C=O) groups excluding carboxylic acids is 2. The molecule has 0 spiro atoms. The number of hydrogen-bond acceptors (Lipinski definition) is 7. The number of benzene rings is 1. The average Bonchev–Trinajstić information content (AvgIpc) is 3.31. The van der Waals surface area contributed by atoms with Crippen LogP contribution in [0.2, 0.25) is 0 Å². The van der Waals surface area contributed by atoms with Gasteiger partial charge in [-0.25, -0.2) is 14.2 Å². The number of amides is 2. The molecular weight excluding hydrogens is 507 g/mol. The van der Waals surface area contributed by atoms with E-state index in [-0.39, 0.29) is 11.2 Å². The van der Waals surface area contributed by atoms with Crippen LogP contribution < -0.4 is 15.4 Å². The second kappa shape index (κ2) is 12.0. The van der Waals surface area contributed by atoms with Gasteiger partial charge in [0.2, 0.25) is 5.88 Å². The number of urea groups is 1. The lowest BCUT2D eigenvalue weighted by Gasteiger charge is -2.26. The van der Waals surface area contributed by atoms with Crippen molar-refractivity contribution in [1.82, 2.24) is 9.88 Å². The van der Waals surface area contributed by atoms with Crippen LogP contribution >= 0.6 is 11.3 Å². The highest BCUT2D eigenvalue weighted by Gasteiger charge is 2.22. The van der Waals surface area contributed by atoms with Crippen LogP contribution in [0.15, 0.2) is 42.6 Å². The molecule has 38 heavy (non-hydrogen) atoms. The fourth-order valence-electron chi connectivity index (χ4n) is 3.93. The van der Waals surface area contributed by atoms with Gasteiger partial charge in [0.05, 0.1) is 18.8 Å². The highest BCUT2D eigenvalue weighted by molar-refractivity contribution is 7.16. The molecule has 3 aromatic rings. The van der Waals surface area contributed by atoms with Crippen LogP contribution in [0.4, 0.5) is 19.9 Å². The van der Waals surface area contributed by atoms with E-state index in [2.05, 4.69) is 20.5 Å². The Labute approximate surface area is 226 Å². The molecule has 0 saturated carbocycles. The second-order valence-corrected chi connectivity index (χ2v) is 11.2. The molecular formula is C28H33FN4O4S. The lowest BCUT2D eigenvalue weighted by atomic mass is 9.94. The van der Waals surface area contributed by atoms with Crippen LogP contribution in [0.3, 0.4) is 0 Å². The van der Waals surface area contributed by atoms with E-state index in [9.17, 15) is 14.0 Å². The molecule has 1 fully saturated rings. The number of ketones is 1. The zero-order valence-electron chi connectivity index (χ0n) is 22.1. The number of morpholine rings is 1. The van der Waals surface area contributed by atoms with E-state index < -0.39 is 11.8 Å². The maximum atomic E-state index is 14.7. The minimum absolute atomic E-state index is 0.128. The molecule has 0 aliphatic carbocycles. The normalized spacial score (nSPS) is 14.2. The lowest BCUT2D eigenvalue weighted by molar-refractivity contribution is 0.0320. The summed E-state index contributed by atoms with van der Waals surface area (Å²) in [5.41, 5.74) is 1.56. The fraction of sp³-hybridized carbons (Fsp3) is 0.393. The third kappa shape index (κ3) is 7.15. The van der Waals surface area contributed by atoms with Gasteiger partial charge in [-0.1, -0.05) is 20.8 Å². The monoisotopic (exact) mass is 540 g/mol. The number of nitrogens with zero attached hydrogens (tertiary/aromatic N) is 2. The van der Waals surface area contributed by atoms with Crippen LogP contribution in [0, 0.1) is 5.82 Å². The van der Waals surface area contributed by atoms with Gasteiger partial charge in [0, 0.05) is 53.6 Å². The first-order valence-electron chi connectivity index (χ1n) is 12.5. The summed E-state index contributed by atoms with van der Waals surface area (Å²) in [5.74, 6) is -0.106. The van der Waals surface area contributed by atoms with Crippen molar-refractivity contribution in [1.29, 1.82) is 0 Å². The van der Waals surface area contributed by atoms with Gasteiger partial charge in [-0.15, -0.1) is 11.3 Å². The van der Waals surface area contributed by atoms with E-state index in [1.165, 1.54) is 30.4 Å². The summed E-state index contributed by atoms with van der Waals surface area (Å²) in [7, 11) is 0. The van der Waals surface area contributed by atoms with Crippen molar-refractivity contribution in [3.63, 3.8) is 0 Å². The Hall–Kier alpha value is -3.34. The highest BCUT2D eigenvalue weighted by Crippen LogP contribution is 2.36. The molecule has 0 unspecified atom stereocenters. The van der Waals surface area contributed by atoms with Gasteiger partial charge in [0.25, 0.3) is 0 Å². The van der Waals surface area contributed by atoms with E-state index in [4.69, 9.17) is 9.47 Å². The number of hydrogen-bond donors (Lipinski definition) is 2. The van der Waals surface area contributed by atoms with Crippen molar-refractivity contribution in [3.05, 3.63) is 58.9 Å². The van der Waals surface area contributed by atoms with E-state index in [0.717, 1.165) is 37.7 Å². The SMILES string of the molecule is CC(=O)c1cc(C(C)(C)C)sc1NC(=O)Nc1ccc(F)c(-c2ccc(OCCN3CCOCC3)nc2)c1. The summed E-state index contributed by atoms with van der Waals surface area (Å²) < 4.78 is 25.7. The summed E-state index contributed by atoms with van der Waals surface area (Å²) in [5, 5.41) is 5.99. The molecule has 2 aromatic heterocycles. The molecule has 3 heterocycles. The molecule has 1 aliphatic rings. The standard InChI is InChI=1S/C28H33FN4O4S/c1-18(34)21-16-24(28(2,3)4)38-26(21)32-27(35)31-20-6-7-23(29)22(15-20)19-5-8-25(30-17-19)37-14-11-33-9-12-36-13-10-33/h5-8,15-17H,9-14H2,1-4H3,(H2,31,32,35). The quantitative estimate of drug-likeness (QED) is 0.351. The van der Waals surface area contributed by atoms with Crippen molar-refractivity contribution in [2.24, 2.45) is 0 Å². The van der Waals surface area contributed by atoms with Gasteiger partial charge >= 0.3 is 6.03 Å². The van der Waals surface area contributed by atoms with Crippen molar-refractivity contribution >= 4 is 33.8 Å². The molecule has 1 aromatic carbocycles. The highest BCUT2D eigenvalue weighted by atomic mass is 32.1. The zero-order valence-corrected chi connectivity index (χ0v) is 22.9. The Morgan fingerprint density at radius 2 is 1.89 bits per heavy atom. The smallest absolute Gasteiger partial charge is 0.324 e. The van der Waals surface area contributed by atoms with Crippen molar-refractivity contribution in [2.75, 3.05) is 50.1 Å². The Morgan fingerprint density at radius 1 is 1.13 bits per heavy atom. The molecule has 1 aliphatic heterocycles. The molecule has 1 saturated heterocycles. The van der Waals surface area contributed by atoms with Crippen LogP contribution in [0.25, 0.3) is 11.1 Å². The summed E-state index contributed by atoms with van der Waals surface area (Å²) in [4.78, 5) is 32.4. The molecule has 2 N–H and O–H groups in total. The van der Waals surface area contributed by atoms with Crippen molar-refractivity contribution in [3.8, 4) is 17.0 Å². The van der Waals surface area contributed by atoms with E-state index in [1.807, 2.05) is 26.8 Å². The van der Waals surface area contributed by atoms with Crippen LogP contribution in [-0.2, 0) is 10.2 Å². The molecule has 0 radical (unpaired) electrons. The maximum absolute atomic E-state index is 14.7. The van der Waals surface area contributed by atoms with E-state index in [0.29, 0.717) is 39.9 Å². The number of carbonyl (C=O) groups is 2. The molecule has 202 valence electrons. The number of anilines is 2. The lowest BCUT2D eigenvalue weighted by Crippen LogP contribution is -2.38. The minimum Gasteiger partial charge on any atom is -0.476 e. The van der Waals surface area contributed by atoms with Gasteiger partial charge in [-0.2, -0.15) is 0 Å². The Morgan fingerprint density at radius 3 is 2.55 bits per heavy atom. The summed E-state index contributed by atoms with van der Waals surface area (Å²) in [6.07, 6.45) is 1.55. The predicted molar refractivity (Wildman–Crippen MR) is 148 cm³/mol. The van der Waals surface area contributed by atoms with Gasteiger partial charge in [-0.3, -0.25) is 15.0 Å². The molecule has 2 amide bonds. The third-order valence-electron chi connectivity index (χ3n) is 6.11. The number of Topliss-reactive ketones (excluding diaryl/α,β-unsaturated/α-hetero) is 1. The predicted octanol–water partition coefficient (Wildman–Crippen LogP) is 5.80. The van der Waals surface area contributed by atoms with Gasteiger partial charge in [0.15, 0.2) is 5.78 Å². The number of halogens is 1. The topological polar surface area (TPSA) is 92.8 Å². The number of pyridine rings is 1. The summed E-state index contributed by atoms with van der Waals surface area (Å²) in [6, 6.07) is 9.06. The Bertz CT molecular complexity index is 1280. The van der Waals surface area contributed by atoms with E-state index >= 15 is 0 Å². The third-order valence-corrected chi connectivity index (χ3v) is 7.59. The number of nitrogens with one attached hydrogen (secondary N) is 2. The average molecular weight is 541 g/mol. The number of rotatable bonds is 8. The number of ether oxygens (including phenoxy) is 2. The van der Waals surface area contributed by atoms with Gasteiger partial charge in [0.1, 0.15) is 17.4 Å². The maximum Gasteiger partial charge on any atom is 0.324 e. The van der Waals surface area contributed by atoms with Crippen molar-refractivity contribution < 1.29 is 23.5 Å². The zero-order chi connectivity index (χ0) is 27.3. The van der Waals surface area contributed by atoms with Crippen molar-refractivity contribution in [2.45, 2.75) is 33.1 Å². The number of aromatic nitrogens is 1. The molecule has 0 atom stereocenters. The molecule has 4 rings (SSSR count). The Kier molecular flexibility index (Phi) is 8.76. The minimum atomic E-state index is -0.519. The molecule has 0 bridgehead atoms. The van der Waals surface area contributed by atoms with Gasteiger partial charge in [-0.05, 0) is 42.7 Å². The van der Waals surface area contributed by atoms with Crippen LogP contribution in [-0.4, -0.2) is 61.2 Å². The van der Waals surface area contributed by atoms with Crippen LogP contribution in [0.5, 0.6) is 5.88 Å². The van der Waals surface area contributed by atoms with Gasteiger partial charge < -0.3 is 14.8 Å². The molecule has 10 heteroatoms. The first-order valence-corrected chi connectivity index (χ1v) is 13.3. The Balaban J connectivity index is 1.40. The largest absolute Gasteiger partial charge is 0.476 e. The fourth-order valence-corrected chi connectivity index (χ4v) is 5.09. The summed E-state index contributed by atoms with van der Waals surface area (Å²) in [6.45, 7) is 12.2. The second-order valence-electron chi connectivity index (χ2n) is 10.1. The van der Waals surface area contributed by atoms with E-state index in [1.54, 1.807) is 24.4 Å².